The average molecular weight is 223 g/mol. The van der Waals surface area contributed by atoms with Crippen molar-refractivity contribution in [3.05, 3.63) is 18.0 Å². The summed E-state index contributed by atoms with van der Waals surface area (Å²) in [6, 6.07) is -0.624. The van der Waals surface area contributed by atoms with E-state index in [1.54, 1.807) is 17.1 Å². The number of carboxylic acids is 1. The summed E-state index contributed by atoms with van der Waals surface area (Å²) in [7, 11) is 0. The lowest BCUT2D eigenvalue weighted by atomic mass is 10.1. The first kappa shape index (κ1) is 11.1. The zero-order chi connectivity index (χ0) is 11.5. The second-order valence-corrected chi connectivity index (χ2v) is 4.25. The summed E-state index contributed by atoms with van der Waals surface area (Å²) >= 11 is 0. The van der Waals surface area contributed by atoms with Crippen molar-refractivity contribution in [1.29, 1.82) is 0 Å². The van der Waals surface area contributed by atoms with Gasteiger partial charge in [0.1, 0.15) is 6.04 Å². The summed E-state index contributed by atoms with van der Waals surface area (Å²) in [5.41, 5.74) is 0.731. The molecule has 0 saturated heterocycles. The number of nitrogens with zero attached hydrogens (tertiary/aromatic N) is 2. The third kappa shape index (κ3) is 2.61. The van der Waals surface area contributed by atoms with Gasteiger partial charge in [-0.2, -0.15) is 5.10 Å². The predicted octanol–water partition coefficient (Wildman–Crippen LogP) is 1.03. The minimum atomic E-state index is -0.837. The monoisotopic (exact) mass is 223 g/mol. The highest BCUT2D eigenvalue weighted by molar-refractivity contribution is 5.75. The number of nitrogens with one attached hydrogen (secondary N) is 1. The van der Waals surface area contributed by atoms with E-state index >= 15 is 0 Å². The molecule has 1 aliphatic carbocycles. The summed E-state index contributed by atoms with van der Waals surface area (Å²) in [6.45, 7) is 3.52. The van der Waals surface area contributed by atoms with Crippen molar-refractivity contribution >= 4 is 5.97 Å². The van der Waals surface area contributed by atoms with Gasteiger partial charge in [0.2, 0.25) is 0 Å². The molecule has 1 aromatic heterocycles. The van der Waals surface area contributed by atoms with Crippen LogP contribution < -0.4 is 5.32 Å². The van der Waals surface area contributed by atoms with E-state index in [4.69, 9.17) is 5.11 Å². The fourth-order valence-corrected chi connectivity index (χ4v) is 1.66. The van der Waals surface area contributed by atoms with Crippen LogP contribution >= 0.6 is 0 Å². The van der Waals surface area contributed by atoms with Gasteiger partial charge in [0, 0.05) is 18.3 Å². The first-order chi connectivity index (χ1) is 7.70. The lowest BCUT2D eigenvalue weighted by molar-refractivity contribution is -0.139. The molecular weight excluding hydrogens is 206 g/mol. The number of hydrogen-bond acceptors (Lipinski definition) is 3. The van der Waals surface area contributed by atoms with E-state index in [9.17, 15) is 4.79 Å². The highest BCUT2D eigenvalue weighted by Crippen LogP contribution is 2.28. The van der Waals surface area contributed by atoms with E-state index in [0.717, 1.165) is 18.7 Å². The molecule has 1 heterocycles. The summed E-state index contributed by atoms with van der Waals surface area (Å²) in [6.07, 6.45) is 5.85. The number of carbonyl (C=O) groups is 1. The Morgan fingerprint density at radius 1 is 1.75 bits per heavy atom. The van der Waals surface area contributed by atoms with Crippen molar-refractivity contribution in [2.75, 3.05) is 6.54 Å². The van der Waals surface area contributed by atoms with Crippen LogP contribution in [0.15, 0.2) is 12.4 Å². The standard InChI is InChI=1S/C11H17N3O2/c1-2-14-7-9(6-13-14)10(11(15)16)12-5-8-3-4-8/h6-8,10,12H,2-5H2,1H3,(H,15,16). The van der Waals surface area contributed by atoms with Crippen LogP contribution in [0.3, 0.4) is 0 Å². The lowest BCUT2D eigenvalue weighted by Gasteiger charge is -2.11. The van der Waals surface area contributed by atoms with E-state index in [1.165, 1.54) is 12.8 Å². The van der Waals surface area contributed by atoms with Gasteiger partial charge in [0.05, 0.1) is 6.20 Å². The number of carboxylic acid groups (broad SMARTS) is 1. The maximum absolute atomic E-state index is 11.1. The SMILES string of the molecule is CCn1cc(C(NCC2CC2)C(=O)O)cn1. The Labute approximate surface area is 94.5 Å². The Morgan fingerprint density at radius 2 is 2.50 bits per heavy atom. The predicted molar refractivity (Wildman–Crippen MR) is 59.0 cm³/mol. The van der Waals surface area contributed by atoms with Gasteiger partial charge >= 0.3 is 5.97 Å². The quantitative estimate of drug-likeness (QED) is 0.755. The van der Waals surface area contributed by atoms with Crippen LogP contribution in [0, 0.1) is 5.92 Å². The van der Waals surface area contributed by atoms with Crippen LogP contribution in [-0.2, 0) is 11.3 Å². The third-order valence-electron chi connectivity index (χ3n) is 2.87. The van der Waals surface area contributed by atoms with Gasteiger partial charge in [-0.05, 0) is 32.2 Å². The molecule has 1 atom stereocenters. The molecule has 16 heavy (non-hydrogen) atoms. The Kier molecular flexibility index (Phi) is 3.24. The summed E-state index contributed by atoms with van der Waals surface area (Å²) in [4.78, 5) is 11.1. The van der Waals surface area contributed by atoms with E-state index in [2.05, 4.69) is 10.4 Å². The first-order valence-corrected chi connectivity index (χ1v) is 5.69. The molecule has 1 aromatic rings. The van der Waals surface area contributed by atoms with E-state index in [0.29, 0.717) is 5.92 Å². The van der Waals surface area contributed by atoms with Crippen LogP contribution in [0.1, 0.15) is 31.4 Å². The van der Waals surface area contributed by atoms with Gasteiger partial charge in [0.25, 0.3) is 0 Å². The summed E-state index contributed by atoms with van der Waals surface area (Å²) in [5.74, 6) is -0.167. The van der Waals surface area contributed by atoms with Crippen molar-refractivity contribution in [3.63, 3.8) is 0 Å². The zero-order valence-electron chi connectivity index (χ0n) is 9.39. The fourth-order valence-electron chi connectivity index (χ4n) is 1.66. The Hall–Kier alpha value is -1.36. The van der Waals surface area contributed by atoms with Gasteiger partial charge in [0.15, 0.2) is 0 Å². The molecule has 2 N–H and O–H groups in total. The molecule has 0 aromatic carbocycles. The molecule has 1 aliphatic rings. The van der Waals surface area contributed by atoms with Crippen LogP contribution in [0.5, 0.6) is 0 Å². The van der Waals surface area contributed by atoms with E-state index in [-0.39, 0.29) is 0 Å². The lowest BCUT2D eigenvalue weighted by Crippen LogP contribution is -2.29. The average Bonchev–Trinajstić information content (AvgIpc) is 2.95. The molecule has 0 aliphatic heterocycles. The molecule has 5 nitrogen and oxygen atoms in total. The van der Waals surface area contributed by atoms with Crippen LogP contribution in [0.2, 0.25) is 0 Å². The molecule has 1 saturated carbocycles. The first-order valence-electron chi connectivity index (χ1n) is 5.69. The molecule has 1 fully saturated rings. The van der Waals surface area contributed by atoms with Crippen molar-refractivity contribution in [2.45, 2.75) is 32.4 Å². The van der Waals surface area contributed by atoms with Crippen molar-refractivity contribution < 1.29 is 9.90 Å². The molecule has 5 heteroatoms. The largest absolute Gasteiger partial charge is 0.480 e. The highest BCUT2D eigenvalue weighted by atomic mass is 16.4. The molecule has 0 amide bonds. The minimum Gasteiger partial charge on any atom is -0.480 e. The molecular formula is C11H17N3O2. The topological polar surface area (TPSA) is 67.2 Å². The Morgan fingerprint density at radius 3 is 3.00 bits per heavy atom. The highest BCUT2D eigenvalue weighted by Gasteiger charge is 2.26. The number of aryl methyl sites for hydroxylation is 1. The van der Waals surface area contributed by atoms with Gasteiger partial charge in [-0.1, -0.05) is 0 Å². The van der Waals surface area contributed by atoms with E-state index < -0.39 is 12.0 Å². The molecule has 0 radical (unpaired) electrons. The second kappa shape index (κ2) is 4.65. The minimum absolute atomic E-state index is 0.624. The van der Waals surface area contributed by atoms with Gasteiger partial charge in [-0.15, -0.1) is 0 Å². The summed E-state index contributed by atoms with van der Waals surface area (Å²) in [5, 5.41) is 16.3. The molecule has 0 bridgehead atoms. The summed E-state index contributed by atoms with van der Waals surface area (Å²) < 4.78 is 1.74. The molecule has 88 valence electrons. The van der Waals surface area contributed by atoms with Crippen molar-refractivity contribution in [1.82, 2.24) is 15.1 Å². The number of hydrogen-bond donors (Lipinski definition) is 2. The zero-order valence-corrected chi connectivity index (χ0v) is 9.39. The third-order valence-corrected chi connectivity index (χ3v) is 2.87. The maximum atomic E-state index is 11.1. The van der Waals surface area contributed by atoms with Gasteiger partial charge in [-0.3, -0.25) is 9.48 Å². The van der Waals surface area contributed by atoms with Gasteiger partial charge in [-0.25, -0.2) is 0 Å². The van der Waals surface area contributed by atoms with Crippen molar-refractivity contribution in [2.24, 2.45) is 5.92 Å². The molecule has 1 unspecified atom stereocenters. The number of rotatable bonds is 6. The van der Waals surface area contributed by atoms with Crippen LogP contribution in [0.4, 0.5) is 0 Å². The molecule has 0 spiro atoms. The Balaban J connectivity index is 2.01. The molecule has 2 rings (SSSR count). The Bertz CT molecular complexity index is 371. The van der Waals surface area contributed by atoms with Crippen molar-refractivity contribution in [3.8, 4) is 0 Å². The van der Waals surface area contributed by atoms with E-state index in [1.807, 2.05) is 6.92 Å². The normalized spacial score (nSPS) is 17.3. The number of aromatic nitrogens is 2. The smallest absolute Gasteiger partial charge is 0.325 e. The fraction of sp³-hybridized carbons (Fsp3) is 0.636. The van der Waals surface area contributed by atoms with Crippen LogP contribution in [0.25, 0.3) is 0 Å². The second-order valence-electron chi connectivity index (χ2n) is 4.25. The van der Waals surface area contributed by atoms with Gasteiger partial charge < -0.3 is 10.4 Å². The maximum Gasteiger partial charge on any atom is 0.325 e. The van der Waals surface area contributed by atoms with Crippen LogP contribution in [-0.4, -0.2) is 27.4 Å². The number of aliphatic carboxylic acids is 1.